The maximum absolute atomic E-state index is 11.4. The molecule has 5 heteroatoms. The Morgan fingerprint density at radius 2 is 1.57 bits per heavy atom. The lowest BCUT2D eigenvalue weighted by atomic mass is 10.1. The van der Waals surface area contributed by atoms with Crippen molar-refractivity contribution < 1.29 is 19.1 Å². The van der Waals surface area contributed by atoms with E-state index in [9.17, 15) is 9.59 Å². The highest BCUT2D eigenvalue weighted by Gasteiger charge is 2.10. The van der Waals surface area contributed by atoms with E-state index >= 15 is 0 Å². The molecular weight excluding hydrogens is 270 g/mol. The summed E-state index contributed by atoms with van der Waals surface area (Å²) < 4.78 is 10.0. The van der Waals surface area contributed by atoms with E-state index in [0.29, 0.717) is 13.2 Å². The molecule has 1 saturated heterocycles. The van der Waals surface area contributed by atoms with Crippen LogP contribution in [0, 0.1) is 0 Å². The largest absolute Gasteiger partial charge is 0.463 e. The van der Waals surface area contributed by atoms with Gasteiger partial charge in [0, 0.05) is 18.7 Å². The first-order valence-electron chi connectivity index (χ1n) is 7.96. The van der Waals surface area contributed by atoms with Gasteiger partial charge < -0.3 is 9.47 Å². The van der Waals surface area contributed by atoms with Crippen LogP contribution < -0.4 is 0 Å². The van der Waals surface area contributed by atoms with Crippen molar-refractivity contribution in [1.82, 2.24) is 4.90 Å². The van der Waals surface area contributed by atoms with Crippen LogP contribution in [0.5, 0.6) is 0 Å². The molecule has 1 aliphatic rings. The standard InChI is InChI=1S/C16H27NO4/c1-2-3-7-13-20-15(18)8-9-16(19)21-14-12-17-10-5-4-6-11-17/h8-9H,2-7,10-14H2,1H3/b9-8+. The molecule has 1 fully saturated rings. The fraction of sp³-hybridized carbons (Fsp3) is 0.750. The number of rotatable bonds is 9. The second-order valence-corrected chi connectivity index (χ2v) is 5.28. The zero-order chi connectivity index (χ0) is 15.3. The number of hydrogen-bond acceptors (Lipinski definition) is 5. The second kappa shape index (κ2) is 11.3. The van der Waals surface area contributed by atoms with Crippen molar-refractivity contribution in [3.05, 3.63) is 12.2 Å². The summed E-state index contributed by atoms with van der Waals surface area (Å²) in [4.78, 5) is 25.0. The average molecular weight is 297 g/mol. The van der Waals surface area contributed by atoms with Crippen LogP contribution in [0.4, 0.5) is 0 Å². The van der Waals surface area contributed by atoms with Gasteiger partial charge in [0.05, 0.1) is 6.61 Å². The summed E-state index contributed by atoms with van der Waals surface area (Å²) in [5.74, 6) is -0.975. The molecule has 0 aromatic carbocycles. The number of nitrogens with zero attached hydrogens (tertiary/aromatic N) is 1. The van der Waals surface area contributed by atoms with Crippen LogP contribution in [-0.2, 0) is 19.1 Å². The third kappa shape index (κ3) is 9.24. The highest BCUT2D eigenvalue weighted by Crippen LogP contribution is 2.07. The van der Waals surface area contributed by atoms with Gasteiger partial charge in [-0.1, -0.05) is 26.2 Å². The van der Waals surface area contributed by atoms with Crippen molar-refractivity contribution >= 4 is 11.9 Å². The molecule has 21 heavy (non-hydrogen) atoms. The Morgan fingerprint density at radius 1 is 0.952 bits per heavy atom. The number of likely N-dealkylation sites (tertiary alicyclic amines) is 1. The summed E-state index contributed by atoms with van der Waals surface area (Å²) in [7, 11) is 0. The SMILES string of the molecule is CCCCCOC(=O)/C=C/C(=O)OCCN1CCCCC1. The van der Waals surface area contributed by atoms with Gasteiger partial charge in [-0.25, -0.2) is 9.59 Å². The van der Waals surface area contributed by atoms with Crippen molar-refractivity contribution in [3.8, 4) is 0 Å². The molecule has 0 unspecified atom stereocenters. The fourth-order valence-corrected chi connectivity index (χ4v) is 2.22. The van der Waals surface area contributed by atoms with Gasteiger partial charge in [-0.15, -0.1) is 0 Å². The Bertz CT molecular complexity index is 335. The fourth-order valence-electron chi connectivity index (χ4n) is 2.22. The lowest BCUT2D eigenvalue weighted by Crippen LogP contribution is -2.33. The van der Waals surface area contributed by atoms with Crippen LogP contribution >= 0.6 is 0 Å². The van der Waals surface area contributed by atoms with Crippen LogP contribution in [0.1, 0.15) is 45.4 Å². The van der Waals surface area contributed by atoms with Gasteiger partial charge in [0.25, 0.3) is 0 Å². The van der Waals surface area contributed by atoms with E-state index in [4.69, 9.17) is 9.47 Å². The topological polar surface area (TPSA) is 55.8 Å². The van der Waals surface area contributed by atoms with E-state index in [1.165, 1.54) is 19.3 Å². The molecule has 120 valence electrons. The van der Waals surface area contributed by atoms with E-state index in [0.717, 1.165) is 51.0 Å². The minimum absolute atomic E-state index is 0.370. The first-order valence-corrected chi connectivity index (χ1v) is 7.96. The number of unbranched alkanes of at least 4 members (excludes halogenated alkanes) is 2. The van der Waals surface area contributed by atoms with Crippen molar-refractivity contribution in [2.75, 3.05) is 32.8 Å². The van der Waals surface area contributed by atoms with Crippen molar-refractivity contribution in [3.63, 3.8) is 0 Å². The Labute approximate surface area is 127 Å². The van der Waals surface area contributed by atoms with Gasteiger partial charge in [0.15, 0.2) is 0 Å². The molecule has 0 radical (unpaired) electrons. The highest BCUT2D eigenvalue weighted by molar-refractivity contribution is 5.91. The lowest BCUT2D eigenvalue weighted by Gasteiger charge is -2.25. The number of carbonyl (C=O) groups excluding carboxylic acids is 2. The van der Waals surface area contributed by atoms with E-state index < -0.39 is 11.9 Å². The summed E-state index contributed by atoms with van der Waals surface area (Å²) in [6, 6.07) is 0. The summed E-state index contributed by atoms with van der Waals surface area (Å²) in [6.45, 7) is 5.79. The number of ether oxygens (including phenoxy) is 2. The zero-order valence-corrected chi connectivity index (χ0v) is 13.0. The Morgan fingerprint density at radius 3 is 2.19 bits per heavy atom. The summed E-state index contributed by atoms with van der Waals surface area (Å²) in [5, 5.41) is 0. The molecule has 0 aliphatic carbocycles. The molecule has 0 saturated carbocycles. The molecule has 1 rings (SSSR count). The summed E-state index contributed by atoms with van der Waals surface area (Å²) in [6.07, 6.45) is 8.98. The molecule has 5 nitrogen and oxygen atoms in total. The average Bonchev–Trinajstić information content (AvgIpc) is 2.50. The number of carbonyl (C=O) groups is 2. The third-order valence-electron chi connectivity index (χ3n) is 3.45. The Hall–Kier alpha value is -1.36. The Kier molecular flexibility index (Phi) is 9.53. The third-order valence-corrected chi connectivity index (χ3v) is 3.45. The predicted molar refractivity (Wildman–Crippen MR) is 80.9 cm³/mol. The van der Waals surface area contributed by atoms with Gasteiger partial charge in [-0.3, -0.25) is 4.90 Å². The molecule has 1 heterocycles. The van der Waals surface area contributed by atoms with Crippen LogP contribution in [0.3, 0.4) is 0 Å². The van der Waals surface area contributed by atoms with Crippen molar-refractivity contribution in [1.29, 1.82) is 0 Å². The predicted octanol–water partition coefficient (Wildman–Crippen LogP) is 2.31. The molecule has 0 aromatic rings. The molecule has 0 bridgehead atoms. The van der Waals surface area contributed by atoms with Gasteiger partial charge in [0.2, 0.25) is 0 Å². The van der Waals surface area contributed by atoms with Crippen molar-refractivity contribution in [2.45, 2.75) is 45.4 Å². The van der Waals surface area contributed by atoms with E-state index in [2.05, 4.69) is 11.8 Å². The van der Waals surface area contributed by atoms with Gasteiger partial charge in [0.1, 0.15) is 6.61 Å². The smallest absolute Gasteiger partial charge is 0.331 e. The molecule has 1 aliphatic heterocycles. The first-order chi connectivity index (χ1) is 10.2. The molecule has 0 amide bonds. The molecular formula is C16H27NO4. The summed E-state index contributed by atoms with van der Waals surface area (Å²) in [5.41, 5.74) is 0. The molecule has 0 aromatic heterocycles. The lowest BCUT2D eigenvalue weighted by molar-refractivity contribution is -0.140. The maximum Gasteiger partial charge on any atom is 0.331 e. The number of piperidine rings is 1. The second-order valence-electron chi connectivity index (χ2n) is 5.28. The van der Waals surface area contributed by atoms with Gasteiger partial charge in [-0.05, 0) is 32.4 Å². The number of hydrogen-bond donors (Lipinski definition) is 0. The minimum Gasteiger partial charge on any atom is -0.463 e. The van der Waals surface area contributed by atoms with Crippen LogP contribution in [0.25, 0.3) is 0 Å². The Balaban J connectivity index is 2.05. The van der Waals surface area contributed by atoms with Crippen LogP contribution in [-0.4, -0.2) is 49.7 Å². The van der Waals surface area contributed by atoms with E-state index in [-0.39, 0.29) is 0 Å². The zero-order valence-electron chi connectivity index (χ0n) is 13.0. The normalized spacial score (nSPS) is 16.0. The minimum atomic E-state index is -0.488. The number of esters is 2. The van der Waals surface area contributed by atoms with Crippen LogP contribution in [0.15, 0.2) is 12.2 Å². The molecule has 0 N–H and O–H groups in total. The van der Waals surface area contributed by atoms with E-state index in [1.807, 2.05) is 0 Å². The monoisotopic (exact) mass is 297 g/mol. The van der Waals surface area contributed by atoms with E-state index in [1.54, 1.807) is 0 Å². The van der Waals surface area contributed by atoms with Gasteiger partial charge in [-0.2, -0.15) is 0 Å². The maximum atomic E-state index is 11.4. The quantitative estimate of drug-likeness (QED) is 0.371. The molecule has 0 spiro atoms. The van der Waals surface area contributed by atoms with Crippen molar-refractivity contribution in [2.24, 2.45) is 0 Å². The summed E-state index contributed by atoms with van der Waals surface area (Å²) >= 11 is 0. The van der Waals surface area contributed by atoms with Gasteiger partial charge >= 0.3 is 11.9 Å². The van der Waals surface area contributed by atoms with Crippen LogP contribution in [0.2, 0.25) is 0 Å². The molecule has 0 atom stereocenters. The first kappa shape index (κ1) is 17.7. The highest BCUT2D eigenvalue weighted by atomic mass is 16.5.